The summed E-state index contributed by atoms with van der Waals surface area (Å²) < 4.78 is 75.1. The standard InChI is InChI=1S/C19H18F3NO3S/c1-12-5-6-13(15(20)9-12)10-14-18(22)16(21)11-17-19(14)23-27(24,25)8-4-2-3-7-26-17/h2-3,5-6,9,11,23H,4,7-8,10H2,1H3/b3-2+. The Balaban J connectivity index is 2.14. The van der Waals surface area contributed by atoms with Gasteiger partial charge in [-0.25, -0.2) is 21.6 Å². The number of rotatable bonds is 2. The molecule has 1 aliphatic heterocycles. The predicted molar refractivity (Wildman–Crippen MR) is 97.0 cm³/mol. The van der Waals surface area contributed by atoms with Gasteiger partial charge in [-0.1, -0.05) is 24.3 Å². The van der Waals surface area contributed by atoms with E-state index in [1.807, 2.05) is 0 Å². The highest BCUT2D eigenvalue weighted by Crippen LogP contribution is 2.36. The number of benzene rings is 2. The van der Waals surface area contributed by atoms with E-state index < -0.39 is 27.5 Å². The number of hydrogen-bond donors (Lipinski definition) is 1. The first kappa shape index (κ1) is 19.3. The fourth-order valence-corrected chi connectivity index (χ4v) is 3.87. The van der Waals surface area contributed by atoms with Crippen LogP contribution in [0.15, 0.2) is 36.4 Å². The van der Waals surface area contributed by atoms with Crippen molar-refractivity contribution in [3.63, 3.8) is 0 Å². The first-order valence-electron chi connectivity index (χ1n) is 8.31. The van der Waals surface area contributed by atoms with E-state index in [1.54, 1.807) is 25.1 Å². The summed E-state index contributed by atoms with van der Waals surface area (Å²) in [6, 6.07) is 5.16. The SMILES string of the molecule is Cc1ccc(Cc2c(F)c(F)cc3c2NS(=O)(=O)CC/C=C/CO3)c(F)c1. The smallest absolute Gasteiger partial charge is 0.233 e. The summed E-state index contributed by atoms with van der Waals surface area (Å²) in [7, 11) is -3.82. The van der Waals surface area contributed by atoms with E-state index in [-0.39, 0.29) is 47.8 Å². The maximum absolute atomic E-state index is 14.6. The van der Waals surface area contributed by atoms with Crippen LogP contribution >= 0.6 is 0 Å². The number of anilines is 1. The van der Waals surface area contributed by atoms with Crippen molar-refractivity contribution in [3.8, 4) is 5.75 Å². The minimum atomic E-state index is -3.82. The molecule has 0 aliphatic carbocycles. The molecule has 144 valence electrons. The summed E-state index contributed by atoms with van der Waals surface area (Å²) in [4.78, 5) is 0. The second-order valence-corrected chi connectivity index (χ2v) is 8.13. The molecule has 0 fully saturated rings. The molecular weight excluding hydrogens is 379 g/mol. The lowest BCUT2D eigenvalue weighted by atomic mass is 10.0. The molecule has 0 saturated heterocycles. The molecule has 3 rings (SSSR count). The molecule has 0 saturated carbocycles. The Kier molecular flexibility index (Phi) is 5.46. The highest BCUT2D eigenvalue weighted by atomic mass is 32.2. The van der Waals surface area contributed by atoms with Gasteiger partial charge in [-0.3, -0.25) is 4.72 Å². The molecule has 0 spiro atoms. The van der Waals surface area contributed by atoms with Crippen LogP contribution in [0.5, 0.6) is 5.75 Å². The van der Waals surface area contributed by atoms with Gasteiger partial charge in [0.25, 0.3) is 0 Å². The number of halogens is 3. The molecule has 0 atom stereocenters. The second kappa shape index (κ2) is 7.64. The number of ether oxygens (including phenoxy) is 1. The van der Waals surface area contributed by atoms with Crippen LogP contribution in [0.3, 0.4) is 0 Å². The topological polar surface area (TPSA) is 55.4 Å². The largest absolute Gasteiger partial charge is 0.487 e. The third kappa shape index (κ3) is 4.44. The van der Waals surface area contributed by atoms with Gasteiger partial charge >= 0.3 is 0 Å². The molecule has 0 bridgehead atoms. The zero-order valence-electron chi connectivity index (χ0n) is 14.6. The number of hydrogen-bond acceptors (Lipinski definition) is 3. The van der Waals surface area contributed by atoms with Crippen molar-refractivity contribution in [2.24, 2.45) is 0 Å². The maximum Gasteiger partial charge on any atom is 0.233 e. The molecular formula is C19H18F3NO3S. The third-order valence-corrected chi connectivity index (χ3v) is 5.46. The van der Waals surface area contributed by atoms with Crippen LogP contribution in [0, 0.1) is 24.4 Å². The van der Waals surface area contributed by atoms with Crippen LogP contribution in [0.25, 0.3) is 0 Å². The lowest BCUT2D eigenvalue weighted by Crippen LogP contribution is -2.20. The lowest BCUT2D eigenvalue weighted by Gasteiger charge is -2.19. The van der Waals surface area contributed by atoms with Crippen molar-refractivity contribution < 1.29 is 26.3 Å². The fraction of sp³-hybridized carbons (Fsp3) is 0.263. The highest BCUT2D eigenvalue weighted by molar-refractivity contribution is 7.92. The zero-order chi connectivity index (χ0) is 19.6. The molecule has 0 aromatic heterocycles. The van der Waals surface area contributed by atoms with Gasteiger partial charge in [0.2, 0.25) is 10.0 Å². The van der Waals surface area contributed by atoms with Gasteiger partial charge in [0, 0.05) is 18.1 Å². The van der Waals surface area contributed by atoms with E-state index in [2.05, 4.69) is 4.72 Å². The number of fused-ring (bicyclic) bond motifs is 1. The molecule has 0 unspecified atom stereocenters. The van der Waals surface area contributed by atoms with Crippen LogP contribution in [0.4, 0.5) is 18.9 Å². The summed E-state index contributed by atoms with van der Waals surface area (Å²) in [6.45, 7) is 1.77. The summed E-state index contributed by atoms with van der Waals surface area (Å²) in [5, 5.41) is 0. The van der Waals surface area contributed by atoms with Gasteiger partial charge in [0.1, 0.15) is 18.2 Å². The molecule has 1 heterocycles. The van der Waals surface area contributed by atoms with E-state index in [4.69, 9.17) is 4.74 Å². The van der Waals surface area contributed by atoms with Gasteiger partial charge in [-0.05, 0) is 30.5 Å². The van der Waals surface area contributed by atoms with Crippen LogP contribution < -0.4 is 9.46 Å². The van der Waals surface area contributed by atoms with Crippen LogP contribution in [0.1, 0.15) is 23.1 Å². The number of nitrogens with one attached hydrogen (secondary N) is 1. The third-order valence-electron chi connectivity index (χ3n) is 4.17. The molecule has 4 nitrogen and oxygen atoms in total. The Morgan fingerprint density at radius 2 is 1.89 bits per heavy atom. The first-order valence-corrected chi connectivity index (χ1v) is 9.96. The molecule has 2 aromatic carbocycles. The first-order chi connectivity index (χ1) is 12.8. The molecule has 0 amide bonds. The van der Waals surface area contributed by atoms with Crippen molar-refractivity contribution in [1.82, 2.24) is 0 Å². The van der Waals surface area contributed by atoms with E-state index in [9.17, 15) is 21.6 Å². The van der Waals surface area contributed by atoms with Crippen LogP contribution in [-0.2, 0) is 16.4 Å². The molecule has 8 heteroatoms. The number of sulfonamides is 1. The average molecular weight is 397 g/mol. The van der Waals surface area contributed by atoms with E-state index in [0.29, 0.717) is 5.56 Å². The summed E-state index contributed by atoms with van der Waals surface area (Å²) in [5.74, 6) is -3.39. The molecule has 1 N–H and O–H groups in total. The van der Waals surface area contributed by atoms with E-state index in [0.717, 1.165) is 6.07 Å². The van der Waals surface area contributed by atoms with Crippen molar-refractivity contribution in [3.05, 3.63) is 70.6 Å². The predicted octanol–water partition coefficient (Wildman–Crippen LogP) is 4.08. The van der Waals surface area contributed by atoms with Gasteiger partial charge in [0.05, 0.1) is 11.4 Å². The highest BCUT2D eigenvalue weighted by Gasteiger charge is 2.24. The summed E-state index contributed by atoms with van der Waals surface area (Å²) >= 11 is 0. The van der Waals surface area contributed by atoms with Gasteiger partial charge < -0.3 is 4.74 Å². The van der Waals surface area contributed by atoms with E-state index >= 15 is 0 Å². The molecule has 0 radical (unpaired) electrons. The zero-order valence-corrected chi connectivity index (χ0v) is 15.4. The van der Waals surface area contributed by atoms with Crippen molar-refractivity contribution in [2.45, 2.75) is 19.8 Å². The normalized spacial score (nSPS) is 17.3. The number of aryl methyl sites for hydroxylation is 1. The Hall–Kier alpha value is -2.48. The van der Waals surface area contributed by atoms with Gasteiger partial charge in [-0.15, -0.1) is 0 Å². The maximum atomic E-state index is 14.6. The number of allylic oxidation sites excluding steroid dienone is 1. The molecule has 1 aliphatic rings. The van der Waals surface area contributed by atoms with Crippen molar-refractivity contribution in [2.75, 3.05) is 17.1 Å². The van der Waals surface area contributed by atoms with E-state index in [1.165, 1.54) is 12.1 Å². The average Bonchev–Trinajstić information content (AvgIpc) is 2.59. The quantitative estimate of drug-likeness (QED) is 0.777. The molecule has 27 heavy (non-hydrogen) atoms. The minimum absolute atomic E-state index is 0.0676. The lowest BCUT2D eigenvalue weighted by molar-refractivity contribution is 0.359. The Morgan fingerprint density at radius 1 is 1.11 bits per heavy atom. The molecule has 2 aromatic rings. The summed E-state index contributed by atoms with van der Waals surface area (Å²) in [6.07, 6.45) is 3.15. The fourth-order valence-electron chi connectivity index (χ4n) is 2.78. The Bertz CT molecular complexity index is 1000. The van der Waals surface area contributed by atoms with Crippen LogP contribution in [0.2, 0.25) is 0 Å². The monoisotopic (exact) mass is 397 g/mol. The Morgan fingerprint density at radius 3 is 2.63 bits per heavy atom. The Labute approximate surface area is 155 Å². The second-order valence-electron chi connectivity index (χ2n) is 6.29. The van der Waals surface area contributed by atoms with Crippen molar-refractivity contribution >= 4 is 15.7 Å². The van der Waals surface area contributed by atoms with Gasteiger partial charge in [-0.2, -0.15) is 0 Å². The van der Waals surface area contributed by atoms with Crippen molar-refractivity contribution in [1.29, 1.82) is 0 Å². The van der Waals surface area contributed by atoms with Gasteiger partial charge in [0.15, 0.2) is 11.6 Å². The van der Waals surface area contributed by atoms with Crippen LogP contribution in [-0.4, -0.2) is 20.8 Å². The summed E-state index contributed by atoms with van der Waals surface area (Å²) in [5.41, 5.74) is 0.281. The minimum Gasteiger partial charge on any atom is -0.487 e.